The Balaban J connectivity index is 1.75. The van der Waals surface area contributed by atoms with Crippen LogP contribution in [0, 0.1) is 0 Å². The molecule has 1 atom stereocenters. The van der Waals surface area contributed by atoms with Crippen LogP contribution in [0.15, 0.2) is 24.7 Å². The van der Waals surface area contributed by atoms with Gasteiger partial charge in [0.15, 0.2) is 0 Å². The molecule has 0 spiro atoms. The van der Waals surface area contributed by atoms with Crippen LogP contribution in [0.4, 0.5) is 0 Å². The summed E-state index contributed by atoms with van der Waals surface area (Å²) in [5.41, 5.74) is 1.10. The van der Waals surface area contributed by atoms with Crippen molar-refractivity contribution in [3.8, 4) is 0 Å². The normalized spacial score (nSPS) is 22.1. The first-order valence-electron chi connectivity index (χ1n) is 6.05. The van der Waals surface area contributed by atoms with Gasteiger partial charge in [-0.15, -0.1) is 0 Å². The van der Waals surface area contributed by atoms with Gasteiger partial charge in [0.25, 0.3) is 0 Å². The minimum Gasteiger partial charge on any atom is -0.312 e. The predicted molar refractivity (Wildman–Crippen MR) is 65.7 cm³/mol. The Hall–Kier alpha value is -1.46. The molecule has 0 bridgehead atoms. The zero-order chi connectivity index (χ0) is 11.7. The highest BCUT2D eigenvalue weighted by atomic mass is 15.2. The number of piperazine rings is 1. The van der Waals surface area contributed by atoms with Crippen LogP contribution in [-0.2, 0) is 6.54 Å². The van der Waals surface area contributed by atoms with Gasteiger partial charge in [0.05, 0.1) is 5.69 Å². The van der Waals surface area contributed by atoms with E-state index in [9.17, 15) is 0 Å². The van der Waals surface area contributed by atoms with Gasteiger partial charge >= 0.3 is 0 Å². The molecule has 5 heteroatoms. The van der Waals surface area contributed by atoms with Crippen molar-refractivity contribution in [2.75, 3.05) is 19.6 Å². The molecule has 0 saturated carbocycles. The van der Waals surface area contributed by atoms with Gasteiger partial charge in [-0.1, -0.05) is 0 Å². The number of hydrogen-bond acceptors (Lipinski definition) is 4. The fraction of sp³-hybridized carbons (Fsp3) is 0.500. The first-order chi connectivity index (χ1) is 8.31. The molecule has 17 heavy (non-hydrogen) atoms. The number of nitrogens with zero attached hydrogens (tertiary/aromatic N) is 4. The van der Waals surface area contributed by atoms with Gasteiger partial charge in [-0.05, 0) is 13.0 Å². The van der Waals surface area contributed by atoms with Gasteiger partial charge in [0, 0.05) is 50.8 Å². The van der Waals surface area contributed by atoms with Gasteiger partial charge in [0.1, 0.15) is 0 Å². The van der Waals surface area contributed by atoms with E-state index >= 15 is 0 Å². The van der Waals surface area contributed by atoms with Crippen molar-refractivity contribution in [2.45, 2.75) is 19.5 Å². The summed E-state index contributed by atoms with van der Waals surface area (Å²) in [6.07, 6.45) is 5.83. The molecule has 3 heterocycles. The third kappa shape index (κ3) is 2.30. The maximum atomic E-state index is 4.52. The Morgan fingerprint density at radius 3 is 3.29 bits per heavy atom. The number of aromatic nitrogens is 3. The lowest BCUT2D eigenvalue weighted by Crippen LogP contribution is -2.48. The zero-order valence-electron chi connectivity index (χ0n) is 10.0. The van der Waals surface area contributed by atoms with Gasteiger partial charge in [-0.2, -0.15) is 0 Å². The first-order valence-corrected chi connectivity index (χ1v) is 6.05. The van der Waals surface area contributed by atoms with Crippen LogP contribution >= 0.6 is 0 Å². The molecular weight excluding hydrogens is 214 g/mol. The van der Waals surface area contributed by atoms with Crippen LogP contribution in [-0.4, -0.2) is 44.9 Å². The number of imidazole rings is 1. The van der Waals surface area contributed by atoms with E-state index in [0.717, 1.165) is 37.7 Å². The van der Waals surface area contributed by atoms with E-state index in [1.165, 1.54) is 0 Å². The molecule has 1 N–H and O–H groups in total. The minimum absolute atomic E-state index is 0.568. The van der Waals surface area contributed by atoms with E-state index in [-0.39, 0.29) is 0 Å². The second-order valence-corrected chi connectivity index (χ2v) is 4.65. The van der Waals surface area contributed by atoms with Crippen LogP contribution < -0.4 is 5.32 Å². The van der Waals surface area contributed by atoms with Crippen molar-refractivity contribution in [3.05, 3.63) is 30.4 Å². The summed E-state index contributed by atoms with van der Waals surface area (Å²) in [5, 5.41) is 3.44. The molecule has 1 saturated heterocycles. The molecule has 0 radical (unpaired) electrons. The molecule has 1 aliphatic rings. The SMILES string of the molecule is C[C@@H]1CN(Cc2cn3cccnc3n2)CCN1. The number of fused-ring (bicyclic) bond motifs is 1. The Morgan fingerprint density at radius 1 is 1.53 bits per heavy atom. The summed E-state index contributed by atoms with van der Waals surface area (Å²) < 4.78 is 1.97. The smallest absolute Gasteiger partial charge is 0.233 e. The third-order valence-electron chi connectivity index (χ3n) is 3.12. The average molecular weight is 231 g/mol. The molecule has 1 fully saturated rings. The quantitative estimate of drug-likeness (QED) is 0.818. The van der Waals surface area contributed by atoms with Crippen molar-refractivity contribution in [1.82, 2.24) is 24.6 Å². The number of rotatable bonds is 2. The molecule has 90 valence electrons. The maximum Gasteiger partial charge on any atom is 0.233 e. The monoisotopic (exact) mass is 231 g/mol. The summed E-state index contributed by atoms with van der Waals surface area (Å²) in [7, 11) is 0. The van der Waals surface area contributed by atoms with Crippen LogP contribution in [0.2, 0.25) is 0 Å². The third-order valence-corrected chi connectivity index (χ3v) is 3.12. The zero-order valence-corrected chi connectivity index (χ0v) is 10.0. The van der Waals surface area contributed by atoms with Gasteiger partial charge in [0.2, 0.25) is 5.78 Å². The molecule has 0 unspecified atom stereocenters. The van der Waals surface area contributed by atoms with E-state index in [2.05, 4.69) is 33.3 Å². The second-order valence-electron chi connectivity index (χ2n) is 4.65. The van der Waals surface area contributed by atoms with E-state index < -0.39 is 0 Å². The van der Waals surface area contributed by atoms with Crippen LogP contribution in [0.25, 0.3) is 5.78 Å². The topological polar surface area (TPSA) is 45.5 Å². The number of hydrogen-bond donors (Lipinski definition) is 1. The highest BCUT2D eigenvalue weighted by Crippen LogP contribution is 2.07. The molecule has 0 amide bonds. The highest BCUT2D eigenvalue weighted by molar-refractivity contribution is 5.29. The minimum atomic E-state index is 0.568. The lowest BCUT2D eigenvalue weighted by molar-refractivity contribution is 0.198. The fourth-order valence-corrected chi connectivity index (χ4v) is 2.34. The van der Waals surface area contributed by atoms with Gasteiger partial charge < -0.3 is 5.32 Å². The van der Waals surface area contributed by atoms with Crippen LogP contribution in [0.1, 0.15) is 12.6 Å². The molecule has 0 aromatic carbocycles. The molecular formula is C12H17N5. The summed E-state index contributed by atoms with van der Waals surface area (Å²) in [6, 6.07) is 2.49. The Morgan fingerprint density at radius 2 is 2.47 bits per heavy atom. The van der Waals surface area contributed by atoms with Crippen LogP contribution in [0.3, 0.4) is 0 Å². The molecule has 0 aliphatic carbocycles. The van der Waals surface area contributed by atoms with E-state index in [1.807, 2.05) is 16.7 Å². The van der Waals surface area contributed by atoms with Crippen molar-refractivity contribution in [3.63, 3.8) is 0 Å². The van der Waals surface area contributed by atoms with Crippen molar-refractivity contribution in [1.29, 1.82) is 0 Å². The van der Waals surface area contributed by atoms with Crippen molar-refractivity contribution >= 4 is 5.78 Å². The van der Waals surface area contributed by atoms with E-state index in [0.29, 0.717) is 6.04 Å². The van der Waals surface area contributed by atoms with Crippen molar-refractivity contribution in [2.24, 2.45) is 0 Å². The molecule has 3 rings (SSSR count). The lowest BCUT2D eigenvalue weighted by Gasteiger charge is -2.31. The molecule has 1 aliphatic heterocycles. The summed E-state index contributed by atoms with van der Waals surface area (Å²) in [5.74, 6) is 0.783. The first kappa shape index (κ1) is 10.7. The summed E-state index contributed by atoms with van der Waals surface area (Å²) in [6.45, 7) is 6.37. The molecule has 5 nitrogen and oxygen atoms in total. The fourth-order valence-electron chi connectivity index (χ4n) is 2.34. The van der Waals surface area contributed by atoms with E-state index in [4.69, 9.17) is 0 Å². The van der Waals surface area contributed by atoms with Crippen molar-refractivity contribution < 1.29 is 0 Å². The molecule has 2 aromatic heterocycles. The summed E-state index contributed by atoms with van der Waals surface area (Å²) >= 11 is 0. The Kier molecular flexibility index (Phi) is 2.78. The average Bonchev–Trinajstić information content (AvgIpc) is 2.71. The second kappa shape index (κ2) is 4.43. The summed E-state index contributed by atoms with van der Waals surface area (Å²) in [4.78, 5) is 11.2. The predicted octanol–water partition coefficient (Wildman–Crippen LogP) is 0.523. The largest absolute Gasteiger partial charge is 0.312 e. The van der Waals surface area contributed by atoms with Gasteiger partial charge in [-0.25, -0.2) is 9.97 Å². The standard InChI is InChI=1S/C12H17N5/c1-10-7-16(6-4-13-10)8-11-9-17-5-2-3-14-12(17)15-11/h2-3,5,9-10,13H,4,6-8H2,1H3/t10-/m1/s1. The van der Waals surface area contributed by atoms with E-state index in [1.54, 1.807) is 6.20 Å². The Bertz CT molecular complexity index is 473. The lowest BCUT2D eigenvalue weighted by atomic mass is 10.2. The van der Waals surface area contributed by atoms with Crippen LogP contribution in [0.5, 0.6) is 0 Å². The molecule has 2 aromatic rings. The maximum absolute atomic E-state index is 4.52. The number of nitrogens with one attached hydrogen (secondary N) is 1. The van der Waals surface area contributed by atoms with Gasteiger partial charge in [-0.3, -0.25) is 9.30 Å². The highest BCUT2D eigenvalue weighted by Gasteiger charge is 2.16. The Labute approximate surface area is 100 Å².